The number of amides is 3. The van der Waals surface area contributed by atoms with Gasteiger partial charge in [-0.3, -0.25) is 15.0 Å². The molecule has 3 aliphatic rings. The first-order valence-electron chi connectivity index (χ1n) is 12.6. The summed E-state index contributed by atoms with van der Waals surface area (Å²) in [7, 11) is 1.71. The molecule has 0 bridgehead atoms. The number of hydrogen-bond donors (Lipinski definition) is 1. The van der Waals surface area contributed by atoms with Gasteiger partial charge < -0.3 is 14.7 Å². The smallest absolute Gasteiger partial charge is 0.325 e. The molecule has 0 aliphatic carbocycles. The van der Waals surface area contributed by atoms with Gasteiger partial charge in [0.05, 0.1) is 0 Å². The van der Waals surface area contributed by atoms with Crippen LogP contribution < -0.4 is 5.32 Å². The number of imide groups is 1. The van der Waals surface area contributed by atoms with E-state index < -0.39 is 12.2 Å². The van der Waals surface area contributed by atoms with Crippen molar-refractivity contribution < 1.29 is 9.59 Å². The lowest BCUT2D eigenvalue weighted by Gasteiger charge is -2.40. The number of likely N-dealkylation sites (N-methyl/N-ethyl adjacent to an activating group) is 1. The van der Waals surface area contributed by atoms with Gasteiger partial charge in [-0.1, -0.05) is 60.7 Å². The highest BCUT2D eigenvalue weighted by Gasteiger charge is 2.49. The number of fused-ring (bicyclic) bond motifs is 1. The Bertz CT molecular complexity index is 1050. The van der Waals surface area contributed by atoms with E-state index in [2.05, 4.69) is 62.5 Å². The lowest BCUT2D eigenvalue weighted by molar-refractivity contribution is -0.127. The first-order valence-corrected chi connectivity index (χ1v) is 12.6. The maximum absolute atomic E-state index is 12.9. The van der Waals surface area contributed by atoms with E-state index in [4.69, 9.17) is 4.99 Å². The van der Waals surface area contributed by atoms with Crippen LogP contribution in [-0.4, -0.2) is 96.0 Å². The molecule has 3 amide bonds. The number of nitrogens with zero attached hydrogens (tertiary/aromatic N) is 5. The molecule has 0 saturated carbocycles. The molecule has 2 fully saturated rings. The molecule has 2 aromatic rings. The third-order valence-electron chi connectivity index (χ3n) is 7.26. The van der Waals surface area contributed by atoms with E-state index in [0.29, 0.717) is 6.54 Å². The van der Waals surface area contributed by atoms with Crippen LogP contribution in [0.25, 0.3) is 0 Å². The molecular weight excluding hydrogens is 440 g/mol. The monoisotopic (exact) mass is 474 g/mol. The van der Waals surface area contributed by atoms with E-state index >= 15 is 0 Å². The van der Waals surface area contributed by atoms with Gasteiger partial charge in [-0.25, -0.2) is 9.79 Å². The van der Waals surface area contributed by atoms with Crippen molar-refractivity contribution in [2.45, 2.75) is 31.5 Å². The second-order valence-electron chi connectivity index (χ2n) is 9.54. The second-order valence-corrected chi connectivity index (χ2v) is 9.54. The molecule has 8 nitrogen and oxygen atoms in total. The number of aryl methyl sites for hydroxylation is 1. The largest absolute Gasteiger partial charge is 0.340 e. The van der Waals surface area contributed by atoms with E-state index in [9.17, 15) is 9.59 Å². The molecular formula is C27H34N6O2. The molecule has 2 atom stereocenters. The SMILES string of the molecule is CN1C(=O)NC(=O)C2C1N=C(N1CCN(CCCc3ccccc3)CC1)N2CCc1ccccc1. The fraction of sp³-hybridized carbons (Fsp3) is 0.444. The van der Waals surface area contributed by atoms with Crippen molar-refractivity contribution in [1.29, 1.82) is 0 Å². The number of hydrogen-bond acceptors (Lipinski definition) is 6. The van der Waals surface area contributed by atoms with Crippen molar-refractivity contribution in [2.24, 2.45) is 4.99 Å². The van der Waals surface area contributed by atoms with Crippen molar-refractivity contribution in [3.63, 3.8) is 0 Å². The zero-order valence-electron chi connectivity index (χ0n) is 20.3. The standard InChI is InChI=1S/C27H34N6O2/c1-30-24-23(25(34)29-27(30)35)33(16-14-22-11-6-3-7-12-22)26(28-24)32-19-17-31(18-20-32)15-8-13-21-9-4-2-5-10-21/h2-7,9-12,23-24H,8,13-20H2,1H3,(H,29,34,35). The van der Waals surface area contributed by atoms with E-state index in [1.807, 2.05) is 18.2 Å². The number of piperazine rings is 1. The summed E-state index contributed by atoms with van der Waals surface area (Å²) < 4.78 is 0. The van der Waals surface area contributed by atoms with Crippen LogP contribution >= 0.6 is 0 Å². The molecule has 2 aromatic carbocycles. The first-order chi connectivity index (χ1) is 17.1. The molecule has 0 radical (unpaired) electrons. The molecule has 8 heteroatoms. The van der Waals surface area contributed by atoms with Crippen molar-refractivity contribution in [2.75, 3.05) is 46.3 Å². The summed E-state index contributed by atoms with van der Waals surface area (Å²) in [6, 6.07) is 20.1. The molecule has 184 valence electrons. The van der Waals surface area contributed by atoms with Gasteiger partial charge in [0.1, 0.15) is 0 Å². The summed E-state index contributed by atoms with van der Waals surface area (Å²) in [6.07, 6.45) is 2.57. The number of urea groups is 1. The summed E-state index contributed by atoms with van der Waals surface area (Å²) in [5, 5.41) is 2.50. The van der Waals surface area contributed by atoms with E-state index in [1.54, 1.807) is 11.9 Å². The van der Waals surface area contributed by atoms with Crippen molar-refractivity contribution in [1.82, 2.24) is 24.9 Å². The summed E-state index contributed by atoms with van der Waals surface area (Å²) in [6.45, 7) is 5.43. The molecule has 1 N–H and O–H groups in total. The third kappa shape index (κ3) is 5.17. The summed E-state index contributed by atoms with van der Waals surface area (Å²) >= 11 is 0. The van der Waals surface area contributed by atoms with Crippen molar-refractivity contribution >= 4 is 17.9 Å². The Morgan fingerprint density at radius 1 is 0.857 bits per heavy atom. The topological polar surface area (TPSA) is 71.5 Å². The number of benzene rings is 2. The molecule has 2 saturated heterocycles. The summed E-state index contributed by atoms with van der Waals surface area (Å²) in [5.74, 6) is 0.584. The molecule has 3 heterocycles. The minimum atomic E-state index is -0.486. The third-order valence-corrected chi connectivity index (χ3v) is 7.26. The fourth-order valence-electron chi connectivity index (χ4n) is 5.23. The van der Waals surface area contributed by atoms with Gasteiger partial charge in [0.15, 0.2) is 18.2 Å². The van der Waals surface area contributed by atoms with Gasteiger partial charge in [-0.2, -0.15) is 0 Å². The average molecular weight is 475 g/mol. The average Bonchev–Trinajstić information content (AvgIpc) is 3.28. The maximum atomic E-state index is 12.9. The van der Waals surface area contributed by atoms with E-state index in [0.717, 1.165) is 57.9 Å². The highest BCUT2D eigenvalue weighted by atomic mass is 16.2. The first kappa shape index (κ1) is 23.4. The number of carbonyl (C=O) groups excluding carboxylic acids is 2. The van der Waals surface area contributed by atoms with Gasteiger partial charge in [0.25, 0.3) is 5.91 Å². The van der Waals surface area contributed by atoms with Crippen LogP contribution in [0.3, 0.4) is 0 Å². The molecule has 0 aromatic heterocycles. The number of nitrogens with one attached hydrogen (secondary N) is 1. The minimum Gasteiger partial charge on any atom is -0.340 e. The Kier molecular flexibility index (Phi) is 6.99. The van der Waals surface area contributed by atoms with Crippen LogP contribution in [0.15, 0.2) is 65.7 Å². The summed E-state index contributed by atoms with van der Waals surface area (Å²) in [4.78, 5) is 38.5. The predicted octanol–water partition coefficient (Wildman–Crippen LogP) is 2.03. The van der Waals surface area contributed by atoms with Crippen LogP contribution in [0, 0.1) is 0 Å². The van der Waals surface area contributed by atoms with Crippen LogP contribution in [0.2, 0.25) is 0 Å². The molecule has 2 unspecified atom stereocenters. The van der Waals surface area contributed by atoms with Crippen molar-refractivity contribution in [3.05, 3.63) is 71.8 Å². The Balaban J connectivity index is 1.23. The molecule has 5 rings (SSSR count). The Morgan fingerprint density at radius 2 is 1.49 bits per heavy atom. The van der Waals surface area contributed by atoms with Crippen LogP contribution in [0.5, 0.6) is 0 Å². The Labute approximate surface area is 207 Å². The van der Waals surface area contributed by atoms with E-state index in [-0.39, 0.29) is 11.9 Å². The van der Waals surface area contributed by atoms with Gasteiger partial charge in [-0.15, -0.1) is 0 Å². The van der Waals surface area contributed by atoms with Gasteiger partial charge >= 0.3 is 6.03 Å². The quantitative estimate of drug-likeness (QED) is 0.665. The van der Waals surface area contributed by atoms with E-state index in [1.165, 1.54) is 11.1 Å². The highest BCUT2D eigenvalue weighted by molar-refractivity contribution is 6.03. The maximum Gasteiger partial charge on any atom is 0.325 e. The molecule has 35 heavy (non-hydrogen) atoms. The number of carbonyl (C=O) groups is 2. The Morgan fingerprint density at radius 3 is 2.14 bits per heavy atom. The lowest BCUT2D eigenvalue weighted by atomic mass is 10.1. The zero-order chi connectivity index (χ0) is 24.2. The van der Waals surface area contributed by atoms with Gasteiger partial charge in [-0.05, 0) is 36.9 Å². The normalized spacial score (nSPS) is 22.8. The second kappa shape index (κ2) is 10.5. The zero-order valence-corrected chi connectivity index (χ0v) is 20.3. The molecule has 0 spiro atoms. The predicted molar refractivity (Wildman–Crippen MR) is 136 cm³/mol. The number of guanidine groups is 1. The van der Waals surface area contributed by atoms with Crippen LogP contribution in [0.4, 0.5) is 4.79 Å². The minimum absolute atomic E-state index is 0.260. The molecule has 3 aliphatic heterocycles. The van der Waals surface area contributed by atoms with Crippen LogP contribution in [-0.2, 0) is 17.6 Å². The lowest BCUT2D eigenvalue weighted by Crippen LogP contribution is -2.64. The highest BCUT2D eigenvalue weighted by Crippen LogP contribution is 2.26. The van der Waals surface area contributed by atoms with Gasteiger partial charge in [0, 0.05) is 39.8 Å². The number of rotatable bonds is 7. The fourth-order valence-corrected chi connectivity index (χ4v) is 5.23. The van der Waals surface area contributed by atoms with Crippen LogP contribution in [0.1, 0.15) is 17.5 Å². The number of aliphatic imine (C=N–C) groups is 1. The summed E-state index contributed by atoms with van der Waals surface area (Å²) in [5.41, 5.74) is 2.61. The van der Waals surface area contributed by atoms with Crippen molar-refractivity contribution in [3.8, 4) is 0 Å². The van der Waals surface area contributed by atoms with Gasteiger partial charge in [0.2, 0.25) is 0 Å². The Hall–Kier alpha value is -3.39.